The number of anilines is 2. The summed E-state index contributed by atoms with van der Waals surface area (Å²) >= 11 is 0. The van der Waals surface area contributed by atoms with Crippen molar-refractivity contribution in [3.05, 3.63) is 72.3 Å². The Balaban J connectivity index is 1.62. The highest BCUT2D eigenvalue weighted by Gasteiger charge is 2.15. The standard InChI is InChI=1S/C24H27N3O2/c1-3-15-27(16-23(28)25-21-13-7-4-9-18(21)2)17-24(29)26-22-14-8-11-19-10-5-6-12-20(19)22/h4-14H,3,15-17H2,1-2H3,(H,25,28)(H,26,29). The highest BCUT2D eigenvalue weighted by molar-refractivity contribution is 6.03. The largest absolute Gasteiger partial charge is 0.325 e. The molecule has 2 amide bonds. The molecule has 2 N–H and O–H groups in total. The molecule has 0 saturated heterocycles. The van der Waals surface area contributed by atoms with E-state index >= 15 is 0 Å². The second kappa shape index (κ2) is 9.85. The Morgan fingerprint density at radius 3 is 2.10 bits per heavy atom. The minimum Gasteiger partial charge on any atom is -0.325 e. The van der Waals surface area contributed by atoms with Crippen molar-refractivity contribution in [1.29, 1.82) is 0 Å². The highest BCUT2D eigenvalue weighted by Crippen LogP contribution is 2.22. The van der Waals surface area contributed by atoms with Gasteiger partial charge in [0.15, 0.2) is 0 Å². The first-order valence-electron chi connectivity index (χ1n) is 9.92. The second-order valence-corrected chi connectivity index (χ2v) is 7.15. The van der Waals surface area contributed by atoms with Crippen LogP contribution in [0.3, 0.4) is 0 Å². The second-order valence-electron chi connectivity index (χ2n) is 7.15. The van der Waals surface area contributed by atoms with Crippen LogP contribution in [-0.2, 0) is 9.59 Å². The average molecular weight is 389 g/mol. The molecule has 5 heteroatoms. The van der Waals surface area contributed by atoms with Crippen molar-refractivity contribution in [3.63, 3.8) is 0 Å². The average Bonchev–Trinajstić information content (AvgIpc) is 2.70. The van der Waals surface area contributed by atoms with Crippen LogP contribution in [-0.4, -0.2) is 36.3 Å². The third kappa shape index (κ3) is 5.65. The monoisotopic (exact) mass is 389 g/mol. The third-order valence-corrected chi connectivity index (χ3v) is 4.76. The van der Waals surface area contributed by atoms with Gasteiger partial charge in [-0.2, -0.15) is 0 Å². The number of nitrogens with zero attached hydrogens (tertiary/aromatic N) is 1. The van der Waals surface area contributed by atoms with Gasteiger partial charge in [0.05, 0.1) is 13.1 Å². The maximum Gasteiger partial charge on any atom is 0.238 e. The molecule has 29 heavy (non-hydrogen) atoms. The molecule has 3 aromatic carbocycles. The number of aryl methyl sites for hydroxylation is 1. The van der Waals surface area contributed by atoms with Crippen LogP contribution < -0.4 is 10.6 Å². The van der Waals surface area contributed by atoms with Crippen LogP contribution in [0.2, 0.25) is 0 Å². The fraction of sp³-hybridized carbons (Fsp3) is 0.250. The van der Waals surface area contributed by atoms with Crippen molar-refractivity contribution in [3.8, 4) is 0 Å². The van der Waals surface area contributed by atoms with Crippen molar-refractivity contribution in [2.24, 2.45) is 0 Å². The van der Waals surface area contributed by atoms with Gasteiger partial charge in [0.25, 0.3) is 0 Å². The molecule has 0 bridgehead atoms. The molecule has 0 atom stereocenters. The lowest BCUT2D eigenvalue weighted by Gasteiger charge is -2.21. The lowest BCUT2D eigenvalue weighted by molar-refractivity contribution is -0.120. The third-order valence-electron chi connectivity index (χ3n) is 4.76. The lowest BCUT2D eigenvalue weighted by atomic mass is 10.1. The summed E-state index contributed by atoms with van der Waals surface area (Å²) in [5.41, 5.74) is 2.60. The molecule has 0 fully saturated rings. The van der Waals surface area contributed by atoms with Crippen LogP contribution in [0.1, 0.15) is 18.9 Å². The van der Waals surface area contributed by atoms with E-state index < -0.39 is 0 Å². The molecular weight excluding hydrogens is 362 g/mol. The van der Waals surface area contributed by atoms with E-state index in [0.717, 1.165) is 34.1 Å². The van der Waals surface area contributed by atoms with Crippen LogP contribution >= 0.6 is 0 Å². The molecule has 0 aromatic heterocycles. The molecule has 0 saturated carbocycles. The number of amides is 2. The highest BCUT2D eigenvalue weighted by atomic mass is 16.2. The predicted molar refractivity (Wildman–Crippen MR) is 119 cm³/mol. The Bertz CT molecular complexity index is 995. The Morgan fingerprint density at radius 2 is 1.38 bits per heavy atom. The number of rotatable bonds is 8. The van der Waals surface area contributed by atoms with Gasteiger partial charge in [0, 0.05) is 16.8 Å². The van der Waals surface area contributed by atoms with Gasteiger partial charge in [0.1, 0.15) is 0 Å². The molecular formula is C24H27N3O2. The summed E-state index contributed by atoms with van der Waals surface area (Å²) in [5.74, 6) is -0.246. The summed E-state index contributed by atoms with van der Waals surface area (Å²) in [6.07, 6.45) is 0.860. The fourth-order valence-electron chi connectivity index (χ4n) is 3.36. The van der Waals surface area contributed by atoms with Gasteiger partial charge in [-0.15, -0.1) is 0 Å². The summed E-state index contributed by atoms with van der Waals surface area (Å²) < 4.78 is 0. The van der Waals surface area contributed by atoms with E-state index in [-0.39, 0.29) is 24.9 Å². The topological polar surface area (TPSA) is 61.4 Å². The van der Waals surface area contributed by atoms with E-state index in [1.165, 1.54) is 0 Å². The van der Waals surface area contributed by atoms with Crippen molar-refractivity contribution in [1.82, 2.24) is 4.90 Å². The smallest absolute Gasteiger partial charge is 0.238 e. The first kappa shape index (κ1) is 20.6. The number of carbonyl (C=O) groups is 2. The number of hydrogen-bond acceptors (Lipinski definition) is 3. The molecule has 0 unspecified atom stereocenters. The van der Waals surface area contributed by atoms with Gasteiger partial charge in [0.2, 0.25) is 11.8 Å². The molecule has 0 radical (unpaired) electrons. The van der Waals surface area contributed by atoms with Gasteiger partial charge in [-0.3, -0.25) is 14.5 Å². The van der Waals surface area contributed by atoms with E-state index in [0.29, 0.717) is 6.54 Å². The van der Waals surface area contributed by atoms with Gasteiger partial charge < -0.3 is 10.6 Å². The number of para-hydroxylation sites is 1. The van der Waals surface area contributed by atoms with Crippen LogP contribution in [0, 0.1) is 6.92 Å². The predicted octanol–water partition coefficient (Wildman–Crippen LogP) is 4.44. The van der Waals surface area contributed by atoms with E-state index in [4.69, 9.17) is 0 Å². The molecule has 3 aromatic rings. The van der Waals surface area contributed by atoms with Crippen LogP contribution in [0.5, 0.6) is 0 Å². The van der Waals surface area contributed by atoms with Crippen molar-refractivity contribution < 1.29 is 9.59 Å². The van der Waals surface area contributed by atoms with Crippen LogP contribution in [0.15, 0.2) is 66.7 Å². The SMILES string of the molecule is CCCN(CC(=O)Nc1ccccc1C)CC(=O)Nc1cccc2ccccc12. The Labute approximate surface area is 171 Å². The van der Waals surface area contributed by atoms with Gasteiger partial charge in [-0.25, -0.2) is 0 Å². The minimum absolute atomic E-state index is 0.120. The molecule has 3 rings (SSSR count). The molecule has 0 aliphatic carbocycles. The Hall–Kier alpha value is -3.18. The fourth-order valence-corrected chi connectivity index (χ4v) is 3.36. The normalized spacial score (nSPS) is 10.9. The first-order valence-corrected chi connectivity index (χ1v) is 9.92. The summed E-state index contributed by atoms with van der Waals surface area (Å²) in [5, 5.41) is 8.01. The van der Waals surface area contributed by atoms with Crippen LogP contribution in [0.4, 0.5) is 11.4 Å². The Morgan fingerprint density at radius 1 is 0.793 bits per heavy atom. The number of carbonyl (C=O) groups excluding carboxylic acids is 2. The van der Waals surface area contributed by atoms with E-state index in [2.05, 4.69) is 10.6 Å². The molecule has 0 aliphatic rings. The maximum atomic E-state index is 12.7. The summed E-state index contributed by atoms with van der Waals surface area (Å²) in [6.45, 7) is 5.00. The van der Waals surface area contributed by atoms with Crippen molar-refractivity contribution in [2.75, 3.05) is 30.3 Å². The van der Waals surface area contributed by atoms with E-state index in [1.54, 1.807) is 0 Å². The zero-order chi connectivity index (χ0) is 20.6. The van der Waals surface area contributed by atoms with Gasteiger partial charge >= 0.3 is 0 Å². The van der Waals surface area contributed by atoms with Crippen LogP contribution in [0.25, 0.3) is 10.8 Å². The zero-order valence-electron chi connectivity index (χ0n) is 16.9. The van der Waals surface area contributed by atoms with Gasteiger partial charge in [-0.1, -0.05) is 61.5 Å². The molecule has 5 nitrogen and oxygen atoms in total. The van der Waals surface area contributed by atoms with Gasteiger partial charge in [-0.05, 0) is 43.0 Å². The number of benzene rings is 3. The summed E-state index contributed by atoms with van der Waals surface area (Å²) in [7, 11) is 0. The molecule has 0 heterocycles. The first-order chi connectivity index (χ1) is 14.1. The molecule has 0 aliphatic heterocycles. The maximum absolute atomic E-state index is 12.7. The zero-order valence-corrected chi connectivity index (χ0v) is 16.9. The van der Waals surface area contributed by atoms with E-state index in [9.17, 15) is 9.59 Å². The lowest BCUT2D eigenvalue weighted by Crippen LogP contribution is -2.39. The number of fused-ring (bicyclic) bond motifs is 1. The number of hydrogen-bond donors (Lipinski definition) is 2. The quantitative estimate of drug-likeness (QED) is 0.599. The van der Waals surface area contributed by atoms with E-state index in [1.807, 2.05) is 85.5 Å². The van der Waals surface area contributed by atoms with Crippen molar-refractivity contribution in [2.45, 2.75) is 20.3 Å². The number of nitrogens with one attached hydrogen (secondary N) is 2. The summed E-state index contributed by atoms with van der Waals surface area (Å²) in [4.78, 5) is 27.0. The summed E-state index contributed by atoms with van der Waals surface area (Å²) in [6, 6.07) is 21.4. The molecule has 150 valence electrons. The molecule has 0 spiro atoms. The minimum atomic E-state index is -0.126. The van der Waals surface area contributed by atoms with Crippen molar-refractivity contribution >= 4 is 34.0 Å². The Kier molecular flexibility index (Phi) is 6.98.